The predicted octanol–water partition coefficient (Wildman–Crippen LogP) is 5.06. The van der Waals surface area contributed by atoms with Crippen molar-refractivity contribution < 1.29 is 9.53 Å². The maximum absolute atomic E-state index is 11.2. The lowest BCUT2D eigenvalue weighted by Gasteiger charge is -2.34. The van der Waals surface area contributed by atoms with Gasteiger partial charge in [0.1, 0.15) is 5.75 Å². The van der Waals surface area contributed by atoms with Crippen molar-refractivity contribution >= 4 is 11.6 Å². The summed E-state index contributed by atoms with van der Waals surface area (Å²) >= 11 is 0. The summed E-state index contributed by atoms with van der Waals surface area (Å²) in [4.78, 5) is 13.7. The molecule has 1 aliphatic heterocycles. The van der Waals surface area contributed by atoms with Gasteiger partial charge in [0.25, 0.3) is 0 Å². The first-order chi connectivity index (χ1) is 14.1. The third-order valence-corrected chi connectivity index (χ3v) is 6.21. The van der Waals surface area contributed by atoms with Crippen LogP contribution in [0.1, 0.15) is 62.6 Å². The van der Waals surface area contributed by atoms with E-state index < -0.39 is 0 Å². The first kappa shape index (κ1) is 19.8. The highest BCUT2D eigenvalue weighted by Crippen LogP contribution is 2.33. The molecule has 1 amide bonds. The number of carbonyl (C=O) groups excluding carboxylic acids is 1. The van der Waals surface area contributed by atoms with Crippen LogP contribution in [0, 0.1) is 5.92 Å². The van der Waals surface area contributed by atoms with Crippen LogP contribution in [0.2, 0.25) is 0 Å². The molecule has 2 aliphatic rings. The molecule has 1 aliphatic carbocycles. The number of carbonyl (C=O) groups is 1. The molecule has 1 saturated carbocycles. The van der Waals surface area contributed by atoms with Gasteiger partial charge in [0.05, 0.1) is 12.6 Å². The molecule has 29 heavy (non-hydrogen) atoms. The Morgan fingerprint density at radius 2 is 1.69 bits per heavy atom. The van der Waals surface area contributed by atoms with E-state index in [4.69, 9.17) is 4.74 Å². The van der Waals surface area contributed by atoms with E-state index in [-0.39, 0.29) is 11.9 Å². The molecule has 0 spiro atoms. The molecule has 2 fully saturated rings. The van der Waals surface area contributed by atoms with Crippen molar-refractivity contribution in [2.24, 2.45) is 5.92 Å². The molecule has 2 aromatic rings. The van der Waals surface area contributed by atoms with Gasteiger partial charge >= 0.3 is 0 Å². The second kappa shape index (κ2) is 8.89. The maximum Gasteiger partial charge on any atom is 0.217 e. The number of nitrogens with one attached hydrogen (secondary N) is 1. The van der Waals surface area contributed by atoms with Crippen LogP contribution in [0.4, 0.5) is 5.69 Å². The van der Waals surface area contributed by atoms with Crippen LogP contribution >= 0.6 is 0 Å². The molecule has 154 valence electrons. The fraction of sp³-hybridized carbons (Fsp3) is 0.480. The molecule has 4 heteroatoms. The van der Waals surface area contributed by atoms with Gasteiger partial charge in [-0.2, -0.15) is 0 Å². The lowest BCUT2D eigenvalue weighted by molar-refractivity contribution is -0.119. The summed E-state index contributed by atoms with van der Waals surface area (Å²) in [7, 11) is 0. The number of nitrogens with zero attached hydrogens (tertiary/aromatic N) is 1. The summed E-state index contributed by atoms with van der Waals surface area (Å²) < 4.78 is 5.86. The van der Waals surface area contributed by atoms with Crippen LogP contribution in [-0.4, -0.2) is 25.6 Å². The minimum absolute atomic E-state index is 0.00570. The predicted molar refractivity (Wildman–Crippen MR) is 118 cm³/mol. The molecule has 0 radical (unpaired) electrons. The van der Waals surface area contributed by atoms with Gasteiger partial charge in [-0.25, -0.2) is 0 Å². The molecular weight excluding hydrogens is 360 g/mol. The largest absolute Gasteiger partial charge is 0.493 e. The zero-order valence-corrected chi connectivity index (χ0v) is 17.6. The molecule has 0 bridgehead atoms. The summed E-state index contributed by atoms with van der Waals surface area (Å²) in [6.07, 6.45) is 5.00. The van der Waals surface area contributed by atoms with E-state index in [2.05, 4.69) is 58.7 Å². The third-order valence-electron chi connectivity index (χ3n) is 6.21. The second-order valence-electron chi connectivity index (χ2n) is 8.60. The van der Waals surface area contributed by atoms with Gasteiger partial charge in [0.15, 0.2) is 0 Å². The van der Waals surface area contributed by atoms with Crippen molar-refractivity contribution in [1.82, 2.24) is 5.32 Å². The van der Waals surface area contributed by atoms with E-state index in [9.17, 15) is 4.79 Å². The number of amides is 1. The maximum atomic E-state index is 11.2. The summed E-state index contributed by atoms with van der Waals surface area (Å²) in [5.74, 6) is 2.43. The number of ether oxygens (including phenoxy) is 1. The van der Waals surface area contributed by atoms with Crippen molar-refractivity contribution in [2.45, 2.75) is 51.5 Å². The Balaban J connectivity index is 1.29. The fourth-order valence-electron chi connectivity index (χ4n) is 4.17. The average molecular weight is 393 g/mol. The minimum Gasteiger partial charge on any atom is -0.493 e. The first-order valence-electron chi connectivity index (χ1n) is 10.9. The second-order valence-corrected chi connectivity index (χ2v) is 8.60. The number of benzene rings is 2. The van der Waals surface area contributed by atoms with Crippen LogP contribution in [0.15, 0.2) is 48.5 Å². The Labute approximate surface area is 174 Å². The van der Waals surface area contributed by atoms with Gasteiger partial charge in [-0.1, -0.05) is 24.3 Å². The van der Waals surface area contributed by atoms with Gasteiger partial charge in [0, 0.05) is 25.7 Å². The molecule has 1 atom stereocenters. The van der Waals surface area contributed by atoms with Crippen molar-refractivity contribution in [2.75, 3.05) is 24.6 Å². The Morgan fingerprint density at radius 3 is 2.28 bits per heavy atom. The van der Waals surface area contributed by atoms with Crippen molar-refractivity contribution in [3.05, 3.63) is 59.7 Å². The molecule has 4 nitrogen and oxygen atoms in total. The Hall–Kier alpha value is -2.49. The molecule has 0 unspecified atom stereocenters. The molecule has 1 heterocycles. The van der Waals surface area contributed by atoms with Crippen molar-refractivity contribution in [3.8, 4) is 5.75 Å². The third kappa shape index (κ3) is 5.31. The van der Waals surface area contributed by atoms with Crippen LogP contribution in [-0.2, 0) is 4.79 Å². The van der Waals surface area contributed by atoms with Crippen LogP contribution in [0.3, 0.4) is 0 Å². The Bertz CT molecular complexity index is 804. The normalized spacial score (nSPS) is 18.3. The van der Waals surface area contributed by atoms with Crippen molar-refractivity contribution in [1.29, 1.82) is 0 Å². The quantitative estimate of drug-likeness (QED) is 0.716. The van der Waals surface area contributed by atoms with Gasteiger partial charge < -0.3 is 15.0 Å². The van der Waals surface area contributed by atoms with E-state index >= 15 is 0 Å². The van der Waals surface area contributed by atoms with Gasteiger partial charge in [-0.3, -0.25) is 4.79 Å². The summed E-state index contributed by atoms with van der Waals surface area (Å²) in [6.45, 7) is 6.60. The fourth-order valence-corrected chi connectivity index (χ4v) is 4.17. The van der Waals surface area contributed by atoms with E-state index in [1.165, 1.54) is 36.9 Å². The number of hydrogen-bond acceptors (Lipinski definition) is 3. The summed E-state index contributed by atoms with van der Waals surface area (Å²) in [5.41, 5.74) is 3.84. The topological polar surface area (TPSA) is 41.6 Å². The minimum atomic E-state index is 0.00570. The molecule has 2 aromatic carbocycles. The lowest BCUT2D eigenvalue weighted by Crippen LogP contribution is -2.32. The van der Waals surface area contributed by atoms with Crippen LogP contribution in [0.5, 0.6) is 5.75 Å². The number of anilines is 1. The van der Waals surface area contributed by atoms with E-state index in [1.54, 1.807) is 6.92 Å². The van der Waals surface area contributed by atoms with E-state index in [1.807, 2.05) is 6.92 Å². The standard InChI is InChI=1S/C25H32N2O2/c1-18(26-19(2)28)21-5-9-24(10-6-21)27-15-13-23(14-16-27)22-7-11-25(12-8-22)29-17-20-3-4-20/h5-12,18,20,23H,3-4,13-17H2,1-2H3,(H,26,28)/t18-/m0/s1. The highest BCUT2D eigenvalue weighted by atomic mass is 16.5. The summed E-state index contributed by atoms with van der Waals surface area (Å²) in [5, 5.41) is 2.94. The number of hydrogen-bond donors (Lipinski definition) is 1. The molecule has 1 N–H and O–H groups in total. The Kier molecular flexibility index (Phi) is 6.08. The van der Waals surface area contributed by atoms with Gasteiger partial charge in [-0.05, 0) is 79.8 Å². The monoisotopic (exact) mass is 392 g/mol. The summed E-state index contributed by atoms with van der Waals surface area (Å²) in [6, 6.07) is 17.4. The molecule has 1 saturated heterocycles. The first-order valence-corrected chi connectivity index (χ1v) is 10.9. The van der Waals surface area contributed by atoms with Crippen LogP contribution < -0.4 is 15.0 Å². The number of piperidine rings is 1. The zero-order chi connectivity index (χ0) is 20.2. The molecule has 4 rings (SSSR count). The SMILES string of the molecule is CC(=O)N[C@@H](C)c1ccc(N2CCC(c3ccc(OCC4CC4)cc3)CC2)cc1. The van der Waals surface area contributed by atoms with E-state index in [0.29, 0.717) is 5.92 Å². The smallest absolute Gasteiger partial charge is 0.217 e. The number of rotatable bonds is 7. The highest BCUT2D eigenvalue weighted by molar-refractivity contribution is 5.73. The molecule has 0 aromatic heterocycles. The molecular formula is C25H32N2O2. The highest BCUT2D eigenvalue weighted by Gasteiger charge is 2.23. The van der Waals surface area contributed by atoms with Gasteiger partial charge in [-0.15, -0.1) is 0 Å². The lowest BCUT2D eigenvalue weighted by atomic mass is 9.89. The van der Waals surface area contributed by atoms with Gasteiger partial charge in [0.2, 0.25) is 5.91 Å². The Morgan fingerprint density at radius 1 is 1.03 bits per heavy atom. The average Bonchev–Trinajstić information content (AvgIpc) is 3.57. The van der Waals surface area contributed by atoms with Crippen molar-refractivity contribution in [3.63, 3.8) is 0 Å². The van der Waals surface area contributed by atoms with Crippen LogP contribution in [0.25, 0.3) is 0 Å². The zero-order valence-electron chi connectivity index (χ0n) is 17.6. The van der Waals surface area contributed by atoms with E-state index in [0.717, 1.165) is 36.9 Å².